The van der Waals surface area contributed by atoms with E-state index in [9.17, 15) is 13.2 Å². The maximum atomic E-state index is 11.3. The van der Waals surface area contributed by atoms with Gasteiger partial charge in [0.1, 0.15) is 0 Å². The van der Waals surface area contributed by atoms with E-state index < -0.39 is 10.0 Å². The summed E-state index contributed by atoms with van der Waals surface area (Å²) >= 11 is 1.39. The molecule has 7 heteroatoms. The van der Waals surface area contributed by atoms with Crippen LogP contribution in [0.1, 0.15) is 17.0 Å². The molecule has 5 nitrogen and oxygen atoms in total. The average molecular weight is 233 g/mol. The lowest BCUT2D eigenvalue weighted by molar-refractivity contribution is 0.0951. The van der Waals surface area contributed by atoms with Gasteiger partial charge in [-0.2, -0.15) is 0 Å². The number of hydrogen-bond donors (Lipinski definition) is 1. The highest BCUT2D eigenvalue weighted by Crippen LogP contribution is 2.33. The minimum absolute atomic E-state index is 0.116. The topological polar surface area (TPSA) is 90.4 Å². The van der Waals surface area contributed by atoms with Crippen LogP contribution in [0.25, 0.3) is 0 Å². The Balaban J connectivity index is 2.56. The molecule has 0 aliphatic carbocycles. The lowest BCUT2D eigenvalue weighted by atomic mass is 10.2. The maximum Gasteiger partial charge on any atom is 0.271 e. The zero-order chi connectivity index (χ0) is 10.3. The molecule has 0 fully saturated rings. The van der Waals surface area contributed by atoms with E-state index in [1.807, 2.05) is 0 Å². The molecular weight excluding hydrogens is 226 g/mol. The van der Waals surface area contributed by atoms with Crippen LogP contribution in [0, 0.1) is 0 Å². The van der Waals surface area contributed by atoms with Crippen LogP contribution in [0.3, 0.4) is 0 Å². The van der Waals surface area contributed by atoms with Gasteiger partial charge in [0, 0.05) is 18.2 Å². The molecular formula is C7H7NO4S2. The van der Waals surface area contributed by atoms with Crippen molar-refractivity contribution >= 4 is 27.6 Å². The normalized spacial score (nSPS) is 16.8. The summed E-state index contributed by atoms with van der Waals surface area (Å²) in [5, 5.41) is 4.53. The third-order valence-electron chi connectivity index (χ3n) is 1.80. The standard InChI is InChI=1S/C7H7NO4S2/c8-14(10,11)6-3-5-7(12-6)4(9)1-2-13-5/h3H,1-2H2,(H2,8,10,11). The fourth-order valence-electron chi connectivity index (χ4n) is 1.16. The highest BCUT2D eigenvalue weighted by molar-refractivity contribution is 7.99. The number of rotatable bonds is 1. The molecule has 0 spiro atoms. The zero-order valence-corrected chi connectivity index (χ0v) is 8.65. The van der Waals surface area contributed by atoms with Gasteiger partial charge in [-0.25, -0.2) is 13.6 Å². The van der Waals surface area contributed by atoms with Crippen LogP contribution in [0.4, 0.5) is 0 Å². The second-order valence-electron chi connectivity index (χ2n) is 2.83. The lowest BCUT2D eigenvalue weighted by Gasteiger charge is -2.05. The molecule has 1 aliphatic rings. The van der Waals surface area contributed by atoms with Gasteiger partial charge < -0.3 is 4.42 Å². The van der Waals surface area contributed by atoms with E-state index in [-0.39, 0.29) is 16.6 Å². The Bertz CT molecular complexity index is 488. The number of furan rings is 1. The summed E-state index contributed by atoms with van der Waals surface area (Å²) in [6.45, 7) is 0. The van der Waals surface area contributed by atoms with Gasteiger partial charge in [-0.1, -0.05) is 0 Å². The second kappa shape index (κ2) is 3.11. The zero-order valence-electron chi connectivity index (χ0n) is 7.02. The number of nitrogens with two attached hydrogens (primary N) is 1. The molecule has 0 radical (unpaired) electrons. The Labute approximate surface area is 84.7 Å². The Kier molecular flexibility index (Phi) is 2.17. The van der Waals surface area contributed by atoms with Gasteiger partial charge in [0.05, 0.1) is 4.90 Å². The quantitative estimate of drug-likeness (QED) is 0.767. The third-order valence-corrected chi connectivity index (χ3v) is 3.58. The first kappa shape index (κ1) is 9.75. The number of carbonyl (C=O) groups is 1. The molecule has 1 aliphatic heterocycles. The molecule has 0 amide bonds. The molecule has 0 saturated heterocycles. The Morgan fingerprint density at radius 3 is 2.79 bits per heavy atom. The number of sulfonamides is 1. The molecule has 2 rings (SSSR count). The number of carbonyl (C=O) groups excluding carboxylic acids is 1. The van der Waals surface area contributed by atoms with Crippen molar-refractivity contribution in [3.63, 3.8) is 0 Å². The molecule has 1 aromatic rings. The fraction of sp³-hybridized carbons (Fsp3) is 0.286. The van der Waals surface area contributed by atoms with Gasteiger partial charge in [0.2, 0.25) is 5.09 Å². The first-order valence-electron chi connectivity index (χ1n) is 3.81. The summed E-state index contributed by atoms with van der Waals surface area (Å²) in [5.74, 6) is 0.592. The van der Waals surface area contributed by atoms with Crippen LogP contribution in [-0.4, -0.2) is 20.0 Å². The van der Waals surface area contributed by atoms with E-state index in [1.165, 1.54) is 17.8 Å². The minimum Gasteiger partial charge on any atom is -0.439 e. The van der Waals surface area contributed by atoms with E-state index in [2.05, 4.69) is 0 Å². The van der Waals surface area contributed by atoms with Gasteiger partial charge in [-0.3, -0.25) is 4.79 Å². The highest BCUT2D eigenvalue weighted by Gasteiger charge is 2.26. The van der Waals surface area contributed by atoms with Crippen molar-refractivity contribution in [3.8, 4) is 0 Å². The number of thioether (sulfide) groups is 1. The summed E-state index contributed by atoms with van der Waals surface area (Å²) in [6, 6.07) is 1.30. The van der Waals surface area contributed by atoms with E-state index in [0.717, 1.165) is 0 Å². The van der Waals surface area contributed by atoms with Gasteiger partial charge in [0.15, 0.2) is 11.5 Å². The maximum absolute atomic E-state index is 11.3. The number of Topliss-reactive ketones (excluding diaryl/α,β-unsaturated/α-hetero) is 1. The summed E-state index contributed by atoms with van der Waals surface area (Å²) in [6.07, 6.45) is 0.370. The molecule has 0 bridgehead atoms. The monoisotopic (exact) mass is 233 g/mol. The molecule has 1 aromatic heterocycles. The fourth-order valence-corrected chi connectivity index (χ4v) is 2.70. The van der Waals surface area contributed by atoms with Crippen molar-refractivity contribution in [3.05, 3.63) is 11.8 Å². The molecule has 2 heterocycles. The van der Waals surface area contributed by atoms with Gasteiger partial charge >= 0.3 is 0 Å². The molecule has 14 heavy (non-hydrogen) atoms. The van der Waals surface area contributed by atoms with Crippen LogP contribution < -0.4 is 5.14 Å². The van der Waals surface area contributed by atoms with Gasteiger partial charge in [0.25, 0.3) is 10.0 Å². The number of ketones is 1. The van der Waals surface area contributed by atoms with E-state index in [1.54, 1.807) is 0 Å². The van der Waals surface area contributed by atoms with E-state index in [0.29, 0.717) is 17.1 Å². The van der Waals surface area contributed by atoms with Crippen molar-refractivity contribution in [1.29, 1.82) is 0 Å². The largest absolute Gasteiger partial charge is 0.439 e. The van der Waals surface area contributed by atoms with Gasteiger partial charge in [-0.15, -0.1) is 11.8 Å². The summed E-state index contributed by atoms with van der Waals surface area (Å²) < 4.78 is 26.7. The van der Waals surface area contributed by atoms with Crippen LogP contribution in [0.15, 0.2) is 20.5 Å². The first-order valence-corrected chi connectivity index (χ1v) is 6.34. The van der Waals surface area contributed by atoms with Crippen molar-refractivity contribution in [1.82, 2.24) is 0 Å². The van der Waals surface area contributed by atoms with Crippen LogP contribution >= 0.6 is 11.8 Å². The molecule has 2 N–H and O–H groups in total. The highest BCUT2D eigenvalue weighted by atomic mass is 32.2. The van der Waals surface area contributed by atoms with Crippen LogP contribution in [0.2, 0.25) is 0 Å². The van der Waals surface area contributed by atoms with Gasteiger partial charge in [-0.05, 0) is 0 Å². The second-order valence-corrected chi connectivity index (χ2v) is 5.45. The molecule has 0 atom stereocenters. The Hall–Kier alpha value is -0.790. The van der Waals surface area contributed by atoms with E-state index >= 15 is 0 Å². The third kappa shape index (κ3) is 1.58. The summed E-state index contributed by atoms with van der Waals surface area (Å²) in [5.41, 5.74) is 0. The van der Waals surface area contributed by atoms with Crippen molar-refractivity contribution in [2.24, 2.45) is 5.14 Å². The smallest absolute Gasteiger partial charge is 0.271 e. The van der Waals surface area contributed by atoms with Crippen molar-refractivity contribution < 1.29 is 17.6 Å². The number of primary sulfonamides is 1. The molecule has 0 unspecified atom stereocenters. The predicted octanol–water partition coefficient (Wildman–Crippen LogP) is 0.606. The number of hydrogen-bond acceptors (Lipinski definition) is 5. The Morgan fingerprint density at radius 1 is 1.50 bits per heavy atom. The van der Waals surface area contributed by atoms with Crippen LogP contribution in [0.5, 0.6) is 0 Å². The Morgan fingerprint density at radius 2 is 2.21 bits per heavy atom. The molecule has 0 aromatic carbocycles. The van der Waals surface area contributed by atoms with Crippen molar-refractivity contribution in [2.45, 2.75) is 16.4 Å². The molecule has 0 saturated carbocycles. The van der Waals surface area contributed by atoms with Crippen molar-refractivity contribution in [2.75, 3.05) is 5.75 Å². The minimum atomic E-state index is -3.85. The molecule has 76 valence electrons. The average Bonchev–Trinajstić information content (AvgIpc) is 2.48. The summed E-state index contributed by atoms with van der Waals surface area (Å²) in [4.78, 5) is 11.8. The summed E-state index contributed by atoms with van der Waals surface area (Å²) in [7, 11) is -3.85. The predicted molar refractivity (Wildman–Crippen MR) is 49.8 cm³/mol. The number of fused-ring (bicyclic) bond motifs is 1. The lowest BCUT2D eigenvalue weighted by Crippen LogP contribution is -2.11. The first-order chi connectivity index (χ1) is 6.48. The SMILES string of the molecule is NS(=O)(=O)c1cc2c(o1)C(=O)CCS2. The van der Waals surface area contributed by atoms with E-state index in [4.69, 9.17) is 9.56 Å². The van der Waals surface area contributed by atoms with Crippen LogP contribution in [-0.2, 0) is 10.0 Å².